The van der Waals surface area contributed by atoms with Crippen molar-refractivity contribution in [3.05, 3.63) is 46.9 Å². The zero-order valence-electron chi connectivity index (χ0n) is 18.8. The first kappa shape index (κ1) is 26.8. The molecule has 2 aromatic rings. The van der Waals surface area contributed by atoms with Gasteiger partial charge in [-0.15, -0.1) is 0 Å². The lowest BCUT2D eigenvalue weighted by atomic mass is 10.0. The van der Waals surface area contributed by atoms with E-state index in [1.165, 1.54) is 24.9 Å². The smallest absolute Gasteiger partial charge is 0.251 e. The number of nitrogens with one attached hydrogen (secondary N) is 1. The quantitative estimate of drug-likeness (QED) is 0.409. The Bertz CT molecular complexity index is 1100. The van der Waals surface area contributed by atoms with Crippen LogP contribution in [-0.4, -0.2) is 55.0 Å². The van der Waals surface area contributed by atoms with Gasteiger partial charge in [-0.1, -0.05) is 25.6 Å². The summed E-state index contributed by atoms with van der Waals surface area (Å²) in [6, 6.07) is 14.0. The van der Waals surface area contributed by atoms with Crippen molar-refractivity contribution in [2.75, 3.05) is 51.5 Å². The predicted octanol–water partition coefficient (Wildman–Crippen LogP) is 4.30. The Hall–Kier alpha value is -2.44. The maximum atomic E-state index is 12.7. The number of allylic oxidation sites excluding steroid dienone is 2. The summed E-state index contributed by atoms with van der Waals surface area (Å²) in [4.78, 5) is 2.13. The van der Waals surface area contributed by atoms with Crippen molar-refractivity contribution in [3.8, 4) is 6.07 Å². The van der Waals surface area contributed by atoms with E-state index < -0.39 is 10.0 Å². The van der Waals surface area contributed by atoms with E-state index in [1.54, 1.807) is 14.0 Å². The number of ether oxygens (including phenoxy) is 2. The average molecular weight is 474 g/mol. The fourth-order valence-corrected chi connectivity index (χ4v) is 4.99. The Morgan fingerprint density at radius 3 is 2.45 bits per heavy atom. The number of sulfonamides is 1. The molecule has 7 nitrogen and oxygen atoms in total. The lowest BCUT2D eigenvalue weighted by Gasteiger charge is -2.29. The van der Waals surface area contributed by atoms with Crippen LogP contribution in [0.3, 0.4) is 0 Å². The first-order chi connectivity index (χ1) is 15.5. The molecular weight excluding hydrogens is 438 g/mol. The van der Waals surface area contributed by atoms with Gasteiger partial charge in [0.25, 0.3) is 10.0 Å². The Morgan fingerprint density at radius 1 is 1.06 bits per heavy atom. The van der Waals surface area contributed by atoms with Gasteiger partial charge in [-0.05, 0) is 66.3 Å². The highest BCUT2D eigenvalue weighted by Gasteiger charge is 2.21. The van der Waals surface area contributed by atoms with Gasteiger partial charge >= 0.3 is 0 Å². The zero-order valence-corrected chi connectivity index (χ0v) is 19.6. The summed E-state index contributed by atoms with van der Waals surface area (Å²) in [6.07, 6.45) is 3.73. The molecule has 1 fully saturated rings. The molecule has 0 unspecified atom stereocenters. The third-order valence-electron chi connectivity index (χ3n) is 5.66. The van der Waals surface area contributed by atoms with Crippen LogP contribution in [-0.2, 0) is 19.5 Å². The van der Waals surface area contributed by atoms with Crippen LogP contribution in [0.1, 0.15) is 39.2 Å². The zero-order chi connectivity index (χ0) is 23.0. The number of piperidine rings is 1. The SMILES string of the molecule is C.COCCOCCNS(=O)(=O)/C(C#N)=C(\C)c1ccc2cc(N3CCCCC3)ccc2c1. The van der Waals surface area contributed by atoms with Gasteiger partial charge in [0, 0.05) is 32.4 Å². The summed E-state index contributed by atoms with van der Waals surface area (Å²) >= 11 is 0. The molecule has 180 valence electrons. The Labute approximate surface area is 198 Å². The first-order valence-corrected chi connectivity index (χ1v) is 12.4. The van der Waals surface area contributed by atoms with Gasteiger partial charge in [0.1, 0.15) is 6.07 Å². The fraction of sp³-hybridized carbons (Fsp3) is 0.480. The molecule has 33 heavy (non-hydrogen) atoms. The maximum absolute atomic E-state index is 12.7. The molecule has 2 aromatic carbocycles. The summed E-state index contributed by atoms with van der Waals surface area (Å²) < 4.78 is 37.9. The molecule has 0 aliphatic carbocycles. The van der Waals surface area contributed by atoms with E-state index >= 15 is 0 Å². The molecule has 3 rings (SSSR count). The third-order valence-corrected chi connectivity index (χ3v) is 7.18. The number of anilines is 1. The molecule has 0 saturated carbocycles. The van der Waals surface area contributed by atoms with Crippen molar-refractivity contribution in [1.29, 1.82) is 5.26 Å². The normalized spacial score (nSPS) is 15.0. The van der Waals surface area contributed by atoms with E-state index in [0.717, 1.165) is 23.9 Å². The minimum Gasteiger partial charge on any atom is -0.382 e. The van der Waals surface area contributed by atoms with Crippen LogP contribution in [0.4, 0.5) is 5.69 Å². The minimum absolute atomic E-state index is 0. The molecule has 1 saturated heterocycles. The molecular formula is C25H35N3O4S. The number of hydrogen-bond donors (Lipinski definition) is 1. The van der Waals surface area contributed by atoms with Crippen LogP contribution in [0, 0.1) is 11.3 Å². The molecule has 1 aliphatic heterocycles. The van der Waals surface area contributed by atoms with Gasteiger partial charge in [0.2, 0.25) is 0 Å². The number of hydrogen-bond acceptors (Lipinski definition) is 6. The number of rotatable bonds is 10. The summed E-state index contributed by atoms with van der Waals surface area (Å²) in [5.74, 6) is 0. The number of methoxy groups -OCH3 is 1. The Balaban J connectivity index is 0.00000385. The maximum Gasteiger partial charge on any atom is 0.251 e. The Morgan fingerprint density at radius 2 is 1.76 bits per heavy atom. The number of nitriles is 1. The molecule has 1 N–H and O–H groups in total. The lowest BCUT2D eigenvalue weighted by molar-refractivity contribution is 0.0736. The van der Waals surface area contributed by atoms with Crippen LogP contribution in [0.5, 0.6) is 0 Å². The van der Waals surface area contributed by atoms with Crippen molar-refractivity contribution >= 4 is 32.1 Å². The minimum atomic E-state index is -3.94. The highest BCUT2D eigenvalue weighted by Crippen LogP contribution is 2.29. The molecule has 1 heterocycles. The van der Waals surface area contributed by atoms with Crippen molar-refractivity contribution in [2.24, 2.45) is 0 Å². The largest absolute Gasteiger partial charge is 0.382 e. The number of fused-ring (bicyclic) bond motifs is 1. The van der Waals surface area contributed by atoms with Gasteiger partial charge in [-0.3, -0.25) is 0 Å². The second kappa shape index (κ2) is 12.7. The van der Waals surface area contributed by atoms with E-state index in [2.05, 4.69) is 27.8 Å². The summed E-state index contributed by atoms with van der Waals surface area (Å²) in [5, 5.41) is 11.7. The van der Waals surface area contributed by atoms with Crippen LogP contribution >= 0.6 is 0 Å². The number of nitrogens with zero attached hydrogens (tertiary/aromatic N) is 2. The average Bonchev–Trinajstić information content (AvgIpc) is 2.81. The van der Waals surface area contributed by atoms with Crippen molar-refractivity contribution < 1.29 is 17.9 Å². The van der Waals surface area contributed by atoms with E-state index in [9.17, 15) is 13.7 Å². The molecule has 8 heteroatoms. The predicted molar refractivity (Wildman–Crippen MR) is 135 cm³/mol. The number of benzene rings is 2. The van der Waals surface area contributed by atoms with Gasteiger partial charge in [0.15, 0.2) is 4.91 Å². The second-order valence-electron chi connectivity index (χ2n) is 7.86. The second-order valence-corrected chi connectivity index (χ2v) is 9.57. The topological polar surface area (TPSA) is 91.7 Å². The fourth-order valence-electron chi connectivity index (χ4n) is 3.86. The molecule has 0 amide bonds. The van der Waals surface area contributed by atoms with E-state index in [0.29, 0.717) is 24.4 Å². The van der Waals surface area contributed by atoms with Crippen LogP contribution in [0.25, 0.3) is 16.3 Å². The van der Waals surface area contributed by atoms with E-state index in [-0.39, 0.29) is 25.5 Å². The standard InChI is InChI=1S/C24H31N3O4S.CH4/c1-19(24(18-25)32(28,29)26-10-13-31-15-14-30-2)20-6-7-22-17-23(9-8-21(22)16-20)27-11-4-3-5-12-27;/h6-9,16-17,26H,3-5,10-15H2,1-2H3;1H4/b24-19+;. The van der Waals surface area contributed by atoms with Gasteiger partial charge < -0.3 is 14.4 Å². The van der Waals surface area contributed by atoms with Crippen LogP contribution < -0.4 is 9.62 Å². The highest BCUT2D eigenvalue weighted by molar-refractivity contribution is 7.93. The summed E-state index contributed by atoms with van der Waals surface area (Å²) in [5.41, 5.74) is 2.35. The third kappa shape index (κ3) is 7.02. The van der Waals surface area contributed by atoms with E-state index in [4.69, 9.17) is 9.47 Å². The summed E-state index contributed by atoms with van der Waals surface area (Å²) in [6.45, 7) is 4.94. The van der Waals surface area contributed by atoms with Crippen LogP contribution in [0.2, 0.25) is 0 Å². The van der Waals surface area contributed by atoms with Crippen molar-refractivity contribution in [3.63, 3.8) is 0 Å². The molecule has 0 spiro atoms. The van der Waals surface area contributed by atoms with Gasteiger partial charge in [0.05, 0.1) is 19.8 Å². The van der Waals surface area contributed by atoms with Gasteiger partial charge in [-0.25, -0.2) is 13.1 Å². The van der Waals surface area contributed by atoms with E-state index in [1.807, 2.05) is 24.3 Å². The molecule has 0 bridgehead atoms. The van der Waals surface area contributed by atoms with Crippen molar-refractivity contribution in [2.45, 2.75) is 33.6 Å². The highest BCUT2D eigenvalue weighted by atomic mass is 32.2. The molecule has 0 radical (unpaired) electrons. The summed E-state index contributed by atoms with van der Waals surface area (Å²) in [7, 11) is -2.37. The molecule has 0 aromatic heterocycles. The van der Waals surface area contributed by atoms with Crippen LogP contribution in [0.15, 0.2) is 41.3 Å². The lowest BCUT2D eigenvalue weighted by Crippen LogP contribution is -2.29. The van der Waals surface area contributed by atoms with Crippen molar-refractivity contribution in [1.82, 2.24) is 4.72 Å². The first-order valence-electron chi connectivity index (χ1n) is 10.9. The Kier molecular flexibility index (Phi) is 10.3. The van der Waals surface area contributed by atoms with Gasteiger partial charge in [-0.2, -0.15) is 5.26 Å². The monoisotopic (exact) mass is 473 g/mol. The molecule has 1 aliphatic rings. The molecule has 0 atom stereocenters.